The van der Waals surface area contributed by atoms with Gasteiger partial charge < -0.3 is 19.5 Å². The zero-order valence-electron chi connectivity index (χ0n) is 13.8. The molecule has 2 fully saturated rings. The van der Waals surface area contributed by atoms with E-state index < -0.39 is 29.5 Å². The van der Waals surface area contributed by atoms with E-state index in [1.807, 2.05) is 6.08 Å². The molecule has 3 aliphatic rings. The minimum absolute atomic E-state index is 0.212. The first kappa shape index (κ1) is 15.9. The zero-order valence-corrected chi connectivity index (χ0v) is 13.8. The van der Waals surface area contributed by atoms with Crippen molar-refractivity contribution in [2.45, 2.75) is 24.2 Å². The third-order valence-electron chi connectivity index (χ3n) is 5.45. The number of hydrogen-bond donors (Lipinski definition) is 1. The van der Waals surface area contributed by atoms with Crippen molar-refractivity contribution in [2.75, 3.05) is 12.0 Å². The summed E-state index contributed by atoms with van der Waals surface area (Å²) < 4.78 is 11.2. The standard InChI is InChI=1S/C19H19NO5/c1-3-4-14-19-10-9-13(25-19)15(18(22)23)16(19)17(21)20(14)11-5-7-12(24-2)8-6-11/h3,5-10,13-16H,1,4H2,2H3,(H,22,23)/t13-,14-,15-,16+,19+/m0/s1. The van der Waals surface area contributed by atoms with Crippen LogP contribution in [0.25, 0.3) is 0 Å². The largest absolute Gasteiger partial charge is 0.497 e. The molecule has 2 saturated heterocycles. The molecule has 130 valence electrons. The fourth-order valence-corrected chi connectivity index (χ4v) is 4.43. The quantitative estimate of drug-likeness (QED) is 0.829. The Morgan fingerprint density at radius 2 is 2.16 bits per heavy atom. The Kier molecular flexibility index (Phi) is 3.47. The lowest BCUT2D eigenvalue weighted by Gasteiger charge is -2.32. The highest BCUT2D eigenvalue weighted by Gasteiger charge is 2.71. The van der Waals surface area contributed by atoms with Crippen LogP contribution >= 0.6 is 0 Å². The number of carbonyl (C=O) groups excluding carboxylic acids is 1. The first-order chi connectivity index (χ1) is 12.0. The highest BCUT2D eigenvalue weighted by atomic mass is 16.5. The molecule has 0 aromatic heterocycles. The summed E-state index contributed by atoms with van der Waals surface area (Å²) in [4.78, 5) is 26.6. The molecule has 1 aromatic rings. The summed E-state index contributed by atoms with van der Waals surface area (Å²) in [5.74, 6) is -2.09. The van der Waals surface area contributed by atoms with Crippen LogP contribution in [0.2, 0.25) is 0 Å². The first-order valence-corrected chi connectivity index (χ1v) is 8.21. The smallest absolute Gasteiger partial charge is 0.310 e. The number of aliphatic carboxylic acids is 1. The van der Waals surface area contributed by atoms with Crippen molar-refractivity contribution in [1.29, 1.82) is 0 Å². The molecular formula is C19H19NO5. The molecule has 0 unspecified atom stereocenters. The van der Waals surface area contributed by atoms with Crippen LogP contribution in [0.3, 0.4) is 0 Å². The van der Waals surface area contributed by atoms with Crippen LogP contribution < -0.4 is 9.64 Å². The van der Waals surface area contributed by atoms with Gasteiger partial charge in [-0.1, -0.05) is 18.2 Å². The molecule has 0 saturated carbocycles. The molecule has 1 amide bonds. The van der Waals surface area contributed by atoms with Crippen LogP contribution in [-0.4, -0.2) is 41.8 Å². The molecule has 0 radical (unpaired) electrons. The van der Waals surface area contributed by atoms with E-state index in [0.717, 1.165) is 0 Å². The maximum absolute atomic E-state index is 13.2. The molecule has 1 N–H and O–H groups in total. The van der Waals surface area contributed by atoms with Gasteiger partial charge in [-0.2, -0.15) is 0 Å². The highest BCUT2D eigenvalue weighted by molar-refractivity contribution is 6.03. The summed E-state index contributed by atoms with van der Waals surface area (Å²) in [7, 11) is 1.58. The second-order valence-electron chi connectivity index (χ2n) is 6.58. The molecule has 6 nitrogen and oxygen atoms in total. The Balaban J connectivity index is 1.80. The van der Waals surface area contributed by atoms with Crippen LogP contribution in [0, 0.1) is 11.8 Å². The first-order valence-electron chi connectivity index (χ1n) is 8.21. The molecule has 5 atom stereocenters. The number of fused-ring (bicyclic) bond motifs is 1. The summed E-state index contributed by atoms with van der Waals surface area (Å²) in [6, 6.07) is 6.85. The van der Waals surface area contributed by atoms with Gasteiger partial charge in [0.05, 0.1) is 25.2 Å². The average Bonchev–Trinajstić information content (AvgIpc) is 3.24. The van der Waals surface area contributed by atoms with Gasteiger partial charge in [-0.3, -0.25) is 9.59 Å². The Labute approximate surface area is 145 Å². The molecule has 0 aliphatic carbocycles. The van der Waals surface area contributed by atoms with Crippen molar-refractivity contribution < 1.29 is 24.2 Å². The molecular weight excluding hydrogens is 322 g/mol. The van der Waals surface area contributed by atoms with Crippen molar-refractivity contribution >= 4 is 17.6 Å². The molecule has 1 spiro atoms. The van der Waals surface area contributed by atoms with Crippen molar-refractivity contribution in [2.24, 2.45) is 11.8 Å². The minimum atomic E-state index is -0.997. The zero-order chi connectivity index (χ0) is 17.8. The number of hydrogen-bond acceptors (Lipinski definition) is 4. The van der Waals surface area contributed by atoms with Crippen molar-refractivity contribution in [1.82, 2.24) is 0 Å². The number of carboxylic acid groups (broad SMARTS) is 1. The van der Waals surface area contributed by atoms with E-state index in [9.17, 15) is 14.7 Å². The lowest BCUT2D eigenvalue weighted by atomic mass is 9.74. The Bertz CT molecular complexity index is 771. The topological polar surface area (TPSA) is 76.1 Å². The number of benzene rings is 1. The number of carboxylic acids is 1. The normalized spacial score (nSPS) is 35.1. The number of anilines is 1. The number of amides is 1. The highest BCUT2D eigenvalue weighted by Crippen LogP contribution is 2.56. The minimum Gasteiger partial charge on any atom is -0.497 e. The predicted molar refractivity (Wildman–Crippen MR) is 90.4 cm³/mol. The number of ether oxygens (including phenoxy) is 2. The number of rotatable bonds is 5. The van der Waals surface area contributed by atoms with Gasteiger partial charge in [-0.25, -0.2) is 0 Å². The number of nitrogens with zero attached hydrogens (tertiary/aromatic N) is 1. The second kappa shape index (κ2) is 5.46. The average molecular weight is 341 g/mol. The van der Waals surface area contributed by atoms with Gasteiger partial charge in [-0.05, 0) is 30.7 Å². The summed E-state index contributed by atoms with van der Waals surface area (Å²) in [6.07, 6.45) is 5.35. The third kappa shape index (κ3) is 2.00. The van der Waals surface area contributed by atoms with Crippen molar-refractivity contribution in [3.8, 4) is 5.75 Å². The maximum Gasteiger partial charge on any atom is 0.310 e. The van der Waals surface area contributed by atoms with Crippen LogP contribution in [0.5, 0.6) is 5.75 Å². The molecule has 1 aromatic carbocycles. The number of carbonyl (C=O) groups is 2. The monoisotopic (exact) mass is 341 g/mol. The Morgan fingerprint density at radius 1 is 1.44 bits per heavy atom. The van der Waals surface area contributed by atoms with Gasteiger partial charge in [0.15, 0.2) is 0 Å². The van der Waals surface area contributed by atoms with E-state index in [1.165, 1.54) is 0 Å². The van der Waals surface area contributed by atoms with E-state index in [0.29, 0.717) is 17.9 Å². The molecule has 3 heterocycles. The predicted octanol–water partition coefficient (Wildman–Crippen LogP) is 2.01. The van der Waals surface area contributed by atoms with Crippen LogP contribution in [-0.2, 0) is 14.3 Å². The van der Waals surface area contributed by atoms with Gasteiger partial charge in [-0.15, -0.1) is 6.58 Å². The van der Waals surface area contributed by atoms with E-state index in [4.69, 9.17) is 9.47 Å². The molecule has 3 aliphatic heterocycles. The van der Waals surface area contributed by atoms with E-state index in [-0.39, 0.29) is 11.9 Å². The van der Waals surface area contributed by atoms with E-state index in [1.54, 1.807) is 48.4 Å². The Morgan fingerprint density at radius 3 is 2.76 bits per heavy atom. The lowest BCUT2D eigenvalue weighted by molar-refractivity contribution is -0.146. The summed E-state index contributed by atoms with van der Waals surface area (Å²) >= 11 is 0. The molecule has 4 rings (SSSR count). The van der Waals surface area contributed by atoms with Crippen LogP contribution in [0.4, 0.5) is 5.69 Å². The fraction of sp³-hybridized carbons (Fsp3) is 0.368. The number of methoxy groups -OCH3 is 1. The van der Waals surface area contributed by atoms with Gasteiger partial charge in [0.1, 0.15) is 17.3 Å². The van der Waals surface area contributed by atoms with Crippen LogP contribution in [0.1, 0.15) is 6.42 Å². The van der Waals surface area contributed by atoms with Crippen molar-refractivity contribution in [3.05, 3.63) is 49.1 Å². The fourth-order valence-electron chi connectivity index (χ4n) is 4.43. The van der Waals surface area contributed by atoms with Crippen LogP contribution in [0.15, 0.2) is 49.1 Å². The molecule has 2 bridgehead atoms. The lowest BCUT2D eigenvalue weighted by Crippen LogP contribution is -2.45. The van der Waals surface area contributed by atoms with E-state index >= 15 is 0 Å². The Hall–Kier alpha value is -2.60. The second-order valence-corrected chi connectivity index (χ2v) is 6.58. The summed E-state index contributed by atoms with van der Waals surface area (Å²) in [5, 5.41) is 9.62. The summed E-state index contributed by atoms with van der Waals surface area (Å²) in [6.45, 7) is 3.80. The van der Waals surface area contributed by atoms with Gasteiger partial charge in [0.25, 0.3) is 0 Å². The van der Waals surface area contributed by atoms with Crippen molar-refractivity contribution in [3.63, 3.8) is 0 Å². The van der Waals surface area contributed by atoms with E-state index in [2.05, 4.69) is 6.58 Å². The van der Waals surface area contributed by atoms with Gasteiger partial charge in [0.2, 0.25) is 5.91 Å². The SMILES string of the molecule is C=CC[C@@H]1N(c2ccc(OC)cc2)C(=O)[C@H]2[C@@H](C(=O)O)[C@@H]3C=C[C@@]12O3. The molecule has 25 heavy (non-hydrogen) atoms. The maximum atomic E-state index is 13.2. The van der Waals surface area contributed by atoms with Gasteiger partial charge >= 0.3 is 5.97 Å². The van der Waals surface area contributed by atoms with Gasteiger partial charge in [0, 0.05) is 5.69 Å². The summed E-state index contributed by atoms with van der Waals surface area (Å²) in [5.41, 5.74) is -0.204. The molecule has 6 heteroatoms. The third-order valence-corrected chi connectivity index (χ3v) is 5.45.